The fourth-order valence-electron chi connectivity index (χ4n) is 0.876. The molecular weight excluding hydrogens is 263 g/mol. The van der Waals surface area contributed by atoms with Gasteiger partial charge in [0.25, 0.3) is 0 Å². The molecule has 2 heteroatoms. The van der Waals surface area contributed by atoms with Crippen LogP contribution in [0.1, 0.15) is 12.5 Å². The molecule has 0 aromatic heterocycles. The van der Waals surface area contributed by atoms with Crippen LogP contribution < -0.4 is 4.74 Å². The number of alkyl halides is 1. The van der Waals surface area contributed by atoms with E-state index in [0.29, 0.717) is 0 Å². The van der Waals surface area contributed by atoms with Gasteiger partial charge in [0, 0.05) is 0 Å². The highest BCUT2D eigenvalue weighted by Crippen LogP contribution is 2.12. The molecule has 0 aliphatic heterocycles. The van der Waals surface area contributed by atoms with E-state index in [1.165, 1.54) is 9.99 Å². The highest BCUT2D eigenvalue weighted by molar-refractivity contribution is 14.2. The topological polar surface area (TPSA) is 9.23 Å². The van der Waals surface area contributed by atoms with Crippen LogP contribution in [0, 0.1) is 0 Å². The summed E-state index contributed by atoms with van der Waals surface area (Å²) >= 11 is 0.251. The molecule has 0 amide bonds. The maximum atomic E-state index is 5.13. The van der Waals surface area contributed by atoms with Gasteiger partial charge < -0.3 is 4.74 Å². The molecule has 0 saturated carbocycles. The van der Waals surface area contributed by atoms with Crippen molar-refractivity contribution < 1.29 is 4.74 Å². The summed E-state index contributed by atoms with van der Waals surface area (Å²) in [5.74, 6) is 0.948. The molecule has 0 aliphatic rings. The van der Waals surface area contributed by atoms with Crippen LogP contribution in [0.5, 0.6) is 5.75 Å². The third-order valence-electron chi connectivity index (χ3n) is 1.45. The minimum Gasteiger partial charge on any atom is -0.497 e. The van der Waals surface area contributed by atoms with E-state index in [4.69, 9.17) is 4.74 Å². The van der Waals surface area contributed by atoms with Gasteiger partial charge in [-0.25, -0.2) is 0 Å². The number of hydrogen-bond donors (Lipinski definition) is 0. The molecule has 0 saturated heterocycles. The summed E-state index contributed by atoms with van der Waals surface area (Å²) in [6.45, 7) is 2.23. The van der Waals surface area contributed by atoms with Crippen molar-refractivity contribution in [3.8, 4) is 5.75 Å². The Morgan fingerprint density at radius 2 is 2.33 bits per heavy atom. The average molecular weight is 276 g/mol. The molecule has 12 heavy (non-hydrogen) atoms. The van der Waals surface area contributed by atoms with E-state index in [0.717, 1.165) is 5.75 Å². The number of methoxy groups -OCH3 is 1. The van der Waals surface area contributed by atoms with Gasteiger partial charge in [-0.3, -0.25) is 0 Å². The Labute approximate surface area is 83.5 Å². The largest absolute Gasteiger partial charge is 0.497 e. The number of rotatable bonds is 3. The van der Waals surface area contributed by atoms with Crippen molar-refractivity contribution in [3.05, 3.63) is 29.8 Å². The third kappa shape index (κ3) is 2.93. The zero-order valence-corrected chi connectivity index (χ0v) is 9.54. The lowest BCUT2D eigenvalue weighted by Crippen LogP contribution is -1.84. The first-order valence-corrected chi connectivity index (χ1v) is 6.69. The molecule has 0 N–H and O–H groups in total. The molecule has 0 spiro atoms. The maximum absolute atomic E-state index is 5.13. The smallest absolute Gasteiger partial charge is 0.119 e. The van der Waals surface area contributed by atoms with Crippen molar-refractivity contribution in [2.24, 2.45) is 0 Å². The van der Waals surface area contributed by atoms with E-state index in [9.17, 15) is 0 Å². The number of halogens is 1. The first kappa shape index (κ1) is 9.71. The summed E-state index contributed by atoms with van der Waals surface area (Å²) in [6, 6.07) is 8.21. The molecule has 66 valence electrons. The van der Waals surface area contributed by atoms with Gasteiger partial charge in [0.05, 0.1) is 7.11 Å². The molecule has 1 rings (SSSR count). The molecule has 0 unspecified atom stereocenters. The number of hydrogen-bond acceptors (Lipinski definition) is 1. The summed E-state index contributed by atoms with van der Waals surface area (Å²) in [4.78, 5) is 0. The summed E-state index contributed by atoms with van der Waals surface area (Å²) in [6.07, 6.45) is 0. The van der Waals surface area contributed by atoms with E-state index in [2.05, 4.69) is 23.1 Å². The summed E-state index contributed by atoms with van der Waals surface area (Å²) < 4.78 is 8.76. The Bertz CT molecular complexity index is 268. The lowest BCUT2D eigenvalue weighted by molar-refractivity contribution is 0.415. The van der Waals surface area contributed by atoms with Crippen molar-refractivity contribution in [3.63, 3.8) is 0 Å². The van der Waals surface area contributed by atoms with E-state index >= 15 is 0 Å². The van der Waals surface area contributed by atoms with Gasteiger partial charge in [-0.2, -0.15) is 0 Å². The zero-order chi connectivity index (χ0) is 8.81. The number of ether oxygens (including phenoxy) is 1. The first-order valence-electron chi connectivity index (χ1n) is 3.92. The highest BCUT2D eigenvalue weighted by Gasteiger charge is 1.90. The maximum Gasteiger partial charge on any atom is 0.119 e. The van der Waals surface area contributed by atoms with E-state index in [1.807, 2.05) is 12.1 Å². The molecule has 0 bridgehead atoms. The summed E-state index contributed by atoms with van der Waals surface area (Å²) in [5.41, 5.74) is 1.30. The molecule has 0 heterocycles. The van der Waals surface area contributed by atoms with E-state index in [1.54, 1.807) is 7.11 Å². The molecule has 0 aliphatic carbocycles. The molecule has 1 aromatic rings. The SMILES string of the molecule is CCI=Cc1cccc(OC)c1. The second kappa shape index (κ2) is 5.30. The fraction of sp³-hybridized carbons (Fsp3) is 0.300. The van der Waals surface area contributed by atoms with Crippen LogP contribution in [-0.2, 0) is 0 Å². The predicted molar refractivity (Wildman–Crippen MR) is 62.7 cm³/mol. The van der Waals surface area contributed by atoms with Crippen LogP contribution in [-0.4, -0.2) is 15.5 Å². The summed E-state index contributed by atoms with van der Waals surface area (Å²) in [7, 11) is 1.70. The Kier molecular flexibility index (Phi) is 4.29. The van der Waals surface area contributed by atoms with E-state index in [-0.39, 0.29) is 20.7 Å². The van der Waals surface area contributed by atoms with Crippen molar-refractivity contribution in [1.29, 1.82) is 0 Å². The summed E-state index contributed by atoms with van der Waals surface area (Å²) in [5, 5.41) is 0. The van der Waals surface area contributed by atoms with Crippen LogP contribution in [0.25, 0.3) is 0 Å². The van der Waals surface area contributed by atoms with Crippen molar-refractivity contribution >= 4 is 24.7 Å². The van der Waals surface area contributed by atoms with Gasteiger partial charge in [0.2, 0.25) is 0 Å². The Balaban J connectivity index is 2.79. The number of benzene rings is 1. The Hall–Kier alpha value is -0.380. The van der Waals surface area contributed by atoms with Crippen LogP contribution in [0.2, 0.25) is 0 Å². The van der Waals surface area contributed by atoms with Crippen molar-refractivity contribution in [2.45, 2.75) is 6.92 Å². The van der Waals surface area contributed by atoms with Crippen molar-refractivity contribution in [2.75, 3.05) is 11.5 Å². The second-order valence-corrected chi connectivity index (χ2v) is 5.34. The van der Waals surface area contributed by atoms with Crippen LogP contribution in [0.4, 0.5) is 0 Å². The Morgan fingerprint density at radius 1 is 1.50 bits per heavy atom. The lowest BCUT2D eigenvalue weighted by Gasteiger charge is -1.99. The highest BCUT2D eigenvalue weighted by atomic mass is 127. The molecule has 1 nitrogen and oxygen atoms in total. The first-order chi connectivity index (χ1) is 5.86. The normalized spacial score (nSPS) is 11.2. The predicted octanol–water partition coefficient (Wildman–Crippen LogP) is 2.84. The fourth-order valence-corrected chi connectivity index (χ4v) is 2.21. The van der Waals surface area contributed by atoms with Crippen molar-refractivity contribution in [1.82, 2.24) is 0 Å². The third-order valence-corrected chi connectivity index (χ3v) is 3.49. The standard InChI is InChI=1S/C10H13IO/c1-3-11-8-9-5-4-6-10(7-9)12-2/h4-8H,3H2,1-2H3. The minimum absolute atomic E-state index is 0.251. The molecule has 0 atom stereocenters. The van der Waals surface area contributed by atoms with Crippen LogP contribution >= 0.6 is 20.7 Å². The van der Waals surface area contributed by atoms with Gasteiger partial charge in [-0.1, -0.05) is 19.1 Å². The van der Waals surface area contributed by atoms with Gasteiger partial charge >= 0.3 is 0 Å². The molecular formula is C10H13IO. The van der Waals surface area contributed by atoms with Gasteiger partial charge in [-0.05, 0) is 26.1 Å². The molecule has 0 radical (unpaired) electrons. The average Bonchev–Trinajstić information content (AvgIpc) is 2.15. The van der Waals surface area contributed by atoms with E-state index < -0.39 is 0 Å². The second-order valence-electron chi connectivity index (χ2n) is 2.31. The van der Waals surface area contributed by atoms with Crippen LogP contribution in [0.15, 0.2) is 24.3 Å². The zero-order valence-electron chi connectivity index (χ0n) is 7.38. The molecule has 0 fully saturated rings. The van der Waals surface area contributed by atoms with Gasteiger partial charge in [-0.15, -0.1) is 20.7 Å². The van der Waals surface area contributed by atoms with Gasteiger partial charge in [0.1, 0.15) is 5.75 Å². The minimum atomic E-state index is 0.251. The Morgan fingerprint density at radius 3 is 3.00 bits per heavy atom. The van der Waals surface area contributed by atoms with Crippen LogP contribution in [0.3, 0.4) is 0 Å². The quantitative estimate of drug-likeness (QED) is 0.609. The monoisotopic (exact) mass is 276 g/mol. The molecule has 1 aromatic carbocycles. The lowest BCUT2D eigenvalue weighted by atomic mass is 10.2. The van der Waals surface area contributed by atoms with Gasteiger partial charge in [0.15, 0.2) is 0 Å².